The molecule has 0 bridgehead atoms. The number of hydrogen-bond acceptors (Lipinski definition) is 5. The maximum atomic E-state index is 11.6. The Morgan fingerprint density at radius 1 is 1.30 bits per heavy atom. The van der Waals surface area contributed by atoms with E-state index in [1.54, 1.807) is 13.8 Å². The van der Waals surface area contributed by atoms with Crippen LogP contribution in [0.25, 0.3) is 0 Å². The number of alkyl halides is 1. The Balaban J connectivity index is 2.81. The monoisotopic (exact) mass is 341 g/mol. The molecule has 0 N–H and O–H groups in total. The van der Waals surface area contributed by atoms with Crippen molar-refractivity contribution >= 4 is 33.4 Å². The molecule has 0 saturated heterocycles. The van der Waals surface area contributed by atoms with Crippen molar-refractivity contribution in [2.75, 3.05) is 11.9 Å². The van der Waals surface area contributed by atoms with E-state index in [2.05, 4.69) is 21.1 Å². The quantitative estimate of drug-likeness (QED) is 0.251. The second-order valence-electron chi connectivity index (χ2n) is 3.88. The van der Waals surface area contributed by atoms with E-state index in [4.69, 9.17) is 9.57 Å². The highest BCUT2D eigenvalue weighted by molar-refractivity contribution is 9.09. The minimum atomic E-state index is -0.780. The van der Waals surface area contributed by atoms with Crippen LogP contribution < -0.4 is 0 Å². The molecule has 0 heterocycles. The van der Waals surface area contributed by atoms with Crippen LogP contribution in [0.3, 0.4) is 0 Å². The normalized spacial score (nSPS) is 12.7. The highest BCUT2D eigenvalue weighted by Crippen LogP contribution is 2.16. The summed E-state index contributed by atoms with van der Waals surface area (Å²) in [6, 6.07) is 9.37. The standard InChI is InChI=1S/C14H16BrNO4/c1-3-19-14(18)13(12(17)9-15)16-20-10(2)11-7-5-4-6-8-11/h4-8,10H,3,9H2,1-2H3/b16-13-/t10-/m1/s1. The zero-order chi connectivity index (χ0) is 15.0. The summed E-state index contributed by atoms with van der Waals surface area (Å²) in [7, 11) is 0. The van der Waals surface area contributed by atoms with Crippen LogP contribution in [-0.2, 0) is 19.2 Å². The first-order chi connectivity index (χ1) is 9.60. The second kappa shape index (κ2) is 8.47. The highest BCUT2D eigenvalue weighted by Gasteiger charge is 2.22. The lowest BCUT2D eigenvalue weighted by Gasteiger charge is -2.10. The van der Waals surface area contributed by atoms with E-state index in [-0.39, 0.29) is 23.8 Å². The molecule has 0 aromatic heterocycles. The van der Waals surface area contributed by atoms with E-state index < -0.39 is 11.8 Å². The molecule has 0 aliphatic carbocycles. The Hall–Kier alpha value is -1.69. The van der Waals surface area contributed by atoms with Gasteiger partial charge in [0, 0.05) is 0 Å². The Kier molecular flexibility index (Phi) is 6.93. The van der Waals surface area contributed by atoms with Gasteiger partial charge in [0.25, 0.3) is 0 Å². The number of esters is 1. The number of ether oxygens (including phenoxy) is 1. The van der Waals surface area contributed by atoms with Gasteiger partial charge in [-0.25, -0.2) is 4.79 Å². The average Bonchev–Trinajstić information content (AvgIpc) is 2.48. The maximum absolute atomic E-state index is 11.6. The van der Waals surface area contributed by atoms with Gasteiger partial charge in [0.2, 0.25) is 11.5 Å². The number of halogens is 1. The third-order valence-corrected chi connectivity index (χ3v) is 2.93. The number of hydrogen-bond donors (Lipinski definition) is 0. The molecular formula is C14H16BrNO4. The van der Waals surface area contributed by atoms with Crippen LogP contribution in [0.2, 0.25) is 0 Å². The molecular weight excluding hydrogens is 326 g/mol. The molecule has 1 aromatic carbocycles. The molecule has 6 heteroatoms. The number of carbonyl (C=O) groups excluding carboxylic acids is 2. The van der Waals surface area contributed by atoms with Gasteiger partial charge >= 0.3 is 5.97 Å². The fourth-order valence-corrected chi connectivity index (χ4v) is 1.65. The average molecular weight is 342 g/mol. The van der Waals surface area contributed by atoms with Gasteiger partial charge in [-0.2, -0.15) is 0 Å². The lowest BCUT2D eigenvalue weighted by Crippen LogP contribution is -2.27. The fraction of sp³-hybridized carbons (Fsp3) is 0.357. The van der Waals surface area contributed by atoms with Gasteiger partial charge < -0.3 is 9.57 Å². The summed E-state index contributed by atoms with van der Waals surface area (Å²) in [6.45, 7) is 3.60. The van der Waals surface area contributed by atoms with Crippen LogP contribution in [0.15, 0.2) is 35.5 Å². The molecule has 0 spiro atoms. The zero-order valence-electron chi connectivity index (χ0n) is 11.3. The van der Waals surface area contributed by atoms with Gasteiger partial charge in [-0.05, 0) is 19.4 Å². The van der Waals surface area contributed by atoms with Crippen LogP contribution in [-0.4, -0.2) is 29.4 Å². The summed E-state index contributed by atoms with van der Waals surface area (Å²) in [5.74, 6) is -1.26. The van der Waals surface area contributed by atoms with E-state index >= 15 is 0 Å². The predicted octanol–water partition coefficient (Wildman–Crippen LogP) is 2.65. The van der Waals surface area contributed by atoms with Crippen molar-refractivity contribution in [3.05, 3.63) is 35.9 Å². The smallest absolute Gasteiger partial charge is 0.364 e. The Morgan fingerprint density at radius 3 is 2.50 bits per heavy atom. The molecule has 0 amide bonds. The van der Waals surface area contributed by atoms with Crippen molar-refractivity contribution in [2.24, 2.45) is 5.16 Å². The molecule has 1 aromatic rings. The highest BCUT2D eigenvalue weighted by atomic mass is 79.9. The van der Waals surface area contributed by atoms with Gasteiger partial charge in [0.15, 0.2) is 0 Å². The van der Waals surface area contributed by atoms with Gasteiger partial charge in [-0.1, -0.05) is 51.4 Å². The number of carbonyl (C=O) groups is 2. The molecule has 0 fully saturated rings. The molecule has 0 saturated carbocycles. The third-order valence-electron chi connectivity index (χ3n) is 2.43. The fourth-order valence-electron chi connectivity index (χ4n) is 1.38. The molecule has 1 atom stereocenters. The summed E-state index contributed by atoms with van der Waals surface area (Å²) in [5, 5.41) is 3.63. The van der Waals surface area contributed by atoms with Crippen molar-refractivity contribution in [2.45, 2.75) is 20.0 Å². The molecule has 0 aliphatic heterocycles. The second-order valence-corrected chi connectivity index (χ2v) is 4.44. The predicted molar refractivity (Wildman–Crippen MR) is 78.8 cm³/mol. The summed E-state index contributed by atoms with van der Waals surface area (Å²) >= 11 is 2.99. The number of benzene rings is 1. The van der Waals surface area contributed by atoms with E-state index in [0.717, 1.165) is 5.56 Å². The molecule has 5 nitrogen and oxygen atoms in total. The summed E-state index contributed by atoms with van der Waals surface area (Å²) in [5.41, 5.74) is 0.553. The van der Waals surface area contributed by atoms with Gasteiger partial charge in [-0.3, -0.25) is 4.79 Å². The summed E-state index contributed by atoms with van der Waals surface area (Å²) in [6.07, 6.45) is -0.372. The Bertz CT molecular complexity index is 487. The largest absolute Gasteiger partial charge is 0.461 e. The third kappa shape index (κ3) is 4.77. The minimum absolute atomic E-state index is 0.0201. The topological polar surface area (TPSA) is 65.0 Å². The molecule has 20 heavy (non-hydrogen) atoms. The zero-order valence-corrected chi connectivity index (χ0v) is 12.9. The number of rotatable bonds is 7. The molecule has 108 valence electrons. The van der Waals surface area contributed by atoms with Crippen molar-refractivity contribution in [3.8, 4) is 0 Å². The van der Waals surface area contributed by atoms with E-state index in [1.165, 1.54) is 0 Å². The number of ketones is 1. The lowest BCUT2D eigenvalue weighted by molar-refractivity contribution is -0.136. The maximum Gasteiger partial charge on any atom is 0.364 e. The molecule has 0 unspecified atom stereocenters. The number of nitrogens with zero attached hydrogens (tertiary/aromatic N) is 1. The molecule has 0 aliphatic rings. The first kappa shape index (κ1) is 16.4. The van der Waals surface area contributed by atoms with Gasteiger partial charge in [0.1, 0.15) is 6.10 Å². The van der Waals surface area contributed by atoms with Crippen LogP contribution in [0.4, 0.5) is 0 Å². The Labute approximate surface area is 126 Å². The molecule has 1 rings (SSSR count). The number of Topliss-reactive ketones (excluding diaryl/α,β-unsaturated/α-hetero) is 1. The molecule has 0 radical (unpaired) electrons. The van der Waals surface area contributed by atoms with Gasteiger partial charge in [0.05, 0.1) is 11.9 Å². The van der Waals surface area contributed by atoms with Crippen molar-refractivity contribution in [3.63, 3.8) is 0 Å². The van der Waals surface area contributed by atoms with Crippen molar-refractivity contribution in [1.29, 1.82) is 0 Å². The summed E-state index contributed by atoms with van der Waals surface area (Å²) < 4.78 is 4.77. The number of oxime groups is 1. The SMILES string of the molecule is CCOC(=O)/C(=N\O[C@H](C)c1ccccc1)C(=O)CBr. The Morgan fingerprint density at radius 2 is 1.95 bits per heavy atom. The first-order valence-corrected chi connectivity index (χ1v) is 7.27. The first-order valence-electron chi connectivity index (χ1n) is 6.15. The van der Waals surface area contributed by atoms with E-state index in [0.29, 0.717) is 0 Å². The lowest BCUT2D eigenvalue weighted by atomic mass is 10.1. The van der Waals surface area contributed by atoms with Crippen LogP contribution in [0, 0.1) is 0 Å². The van der Waals surface area contributed by atoms with Crippen LogP contribution in [0.1, 0.15) is 25.5 Å². The van der Waals surface area contributed by atoms with Crippen molar-refractivity contribution in [1.82, 2.24) is 0 Å². The minimum Gasteiger partial charge on any atom is -0.461 e. The van der Waals surface area contributed by atoms with E-state index in [1.807, 2.05) is 30.3 Å². The van der Waals surface area contributed by atoms with Crippen LogP contribution in [0.5, 0.6) is 0 Å². The summed E-state index contributed by atoms with van der Waals surface area (Å²) in [4.78, 5) is 28.5. The van der Waals surface area contributed by atoms with E-state index in [9.17, 15) is 9.59 Å². The van der Waals surface area contributed by atoms with Crippen molar-refractivity contribution < 1.29 is 19.2 Å². The van der Waals surface area contributed by atoms with Crippen LogP contribution >= 0.6 is 15.9 Å². The van der Waals surface area contributed by atoms with Gasteiger partial charge in [-0.15, -0.1) is 0 Å².